The predicted octanol–water partition coefficient (Wildman–Crippen LogP) is 18.3. The quantitative estimate of drug-likeness (QED) is 0.0262. The van der Waals surface area contributed by atoms with E-state index in [1.807, 2.05) is 42.5 Å². The van der Waals surface area contributed by atoms with Gasteiger partial charge in [0.2, 0.25) is 0 Å². The molecule has 0 aliphatic heterocycles. The Bertz CT molecular complexity index is 1390. The molecule has 6 heteroatoms. The first-order valence-electron chi connectivity index (χ1n) is 27.5. The van der Waals surface area contributed by atoms with Gasteiger partial charge in [-0.3, -0.25) is 14.4 Å². The van der Waals surface area contributed by atoms with Crippen LogP contribution < -0.4 is 0 Å². The van der Waals surface area contributed by atoms with Gasteiger partial charge < -0.3 is 14.2 Å². The van der Waals surface area contributed by atoms with Crippen LogP contribution in [0.5, 0.6) is 0 Å². The van der Waals surface area contributed by atoms with Gasteiger partial charge in [0.15, 0.2) is 6.10 Å². The highest BCUT2D eigenvalue weighted by Crippen LogP contribution is 2.15. The number of allylic oxidation sites excluding steroid dienone is 18. The molecule has 0 amide bonds. The first kappa shape index (κ1) is 63.1. The molecule has 1 unspecified atom stereocenters. The van der Waals surface area contributed by atoms with Crippen LogP contribution >= 0.6 is 0 Å². The van der Waals surface area contributed by atoms with E-state index in [1.165, 1.54) is 89.9 Å². The van der Waals surface area contributed by atoms with E-state index in [0.29, 0.717) is 19.3 Å². The molecule has 0 aliphatic rings. The molecule has 0 radical (unpaired) electrons. The van der Waals surface area contributed by atoms with Crippen molar-refractivity contribution in [2.75, 3.05) is 13.2 Å². The van der Waals surface area contributed by atoms with Crippen LogP contribution in [0.15, 0.2) is 109 Å². The predicted molar refractivity (Wildman–Crippen MR) is 288 cm³/mol. The summed E-state index contributed by atoms with van der Waals surface area (Å²) in [6, 6.07) is 0. The van der Waals surface area contributed by atoms with Gasteiger partial charge in [0, 0.05) is 19.3 Å². The molecular weight excluding hydrogens is 829 g/mol. The molecule has 0 heterocycles. The summed E-state index contributed by atoms with van der Waals surface area (Å²) in [6.07, 6.45) is 73.5. The number of carbonyl (C=O) groups is 3. The van der Waals surface area contributed by atoms with Gasteiger partial charge in [-0.2, -0.15) is 0 Å². The average molecular weight is 929 g/mol. The van der Waals surface area contributed by atoms with Crippen LogP contribution in [0.1, 0.15) is 239 Å². The Morgan fingerprint density at radius 1 is 0.313 bits per heavy atom. The summed E-state index contributed by atoms with van der Waals surface area (Å²) in [4.78, 5) is 38.1. The first-order valence-corrected chi connectivity index (χ1v) is 27.5. The lowest BCUT2D eigenvalue weighted by molar-refractivity contribution is -0.167. The van der Waals surface area contributed by atoms with Crippen molar-refractivity contribution in [3.05, 3.63) is 109 Å². The summed E-state index contributed by atoms with van der Waals surface area (Å²) in [5.41, 5.74) is 0. The first-order chi connectivity index (χ1) is 33.0. The molecule has 6 nitrogen and oxygen atoms in total. The summed E-state index contributed by atoms with van der Waals surface area (Å²) >= 11 is 0. The van der Waals surface area contributed by atoms with Gasteiger partial charge in [0.1, 0.15) is 13.2 Å². The summed E-state index contributed by atoms with van der Waals surface area (Å²) in [5, 5.41) is 0. The highest BCUT2D eigenvalue weighted by Gasteiger charge is 2.19. The lowest BCUT2D eigenvalue weighted by Gasteiger charge is -2.18. The van der Waals surface area contributed by atoms with Crippen molar-refractivity contribution >= 4 is 17.9 Å². The molecule has 0 spiro atoms. The van der Waals surface area contributed by atoms with Gasteiger partial charge in [-0.1, -0.05) is 271 Å². The minimum Gasteiger partial charge on any atom is -0.462 e. The minimum absolute atomic E-state index is 0.0991. The second-order valence-electron chi connectivity index (χ2n) is 18.0. The van der Waals surface area contributed by atoms with E-state index in [4.69, 9.17) is 14.2 Å². The second-order valence-corrected chi connectivity index (χ2v) is 18.0. The molecule has 0 N–H and O–H groups in total. The fraction of sp³-hybridized carbons (Fsp3) is 0.656. The number of rotatable bonds is 48. The fourth-order valence-corrected chi connectivity index (χ4v) is 7.37. The molecule has 0 aliphatic carbocycles. The lowest BCUT2D eigenvalue weighted by Crippen LogP contribution is -2.30. The molecule has 0 saturated carbocycles. The molecule has 0 aromatic carbocycles. The van der Waals surface area contributed by atoms with Crippen LogP contribution in [0.2, 0.25) is 0 Å². The summed E-state index contributed by atoms with van der Waals surface area (Å²) in [6.45, 7) is 6.38. The van der Waals surface area contributed by atoms with Gasteiger partial charge in [0.25, 0.3) is 0 Å². The highest BCUT2D eigenvalue weighted by molar-refractivity contribution is 5.71. The third kappa shape index (κ3) is 52.9. The maximum Gasteiger partial charge on any atom is 0.306 e. The zero-order valence-electron chi connectivity index (χ0n) is 43.4. The molecule has 0 aromatic rings. The molecule has 0 bridgehead atoms. The van der Waals surface area contributed by atoms with Crippen molar-refractivity contribution < 1.29 is 28.6 Å². The van der Waals surface area contributed by atoms with Crippen LogP contribution in [0.25, 0.3) is 0 Å². The maximum absolute atomic E-state index is 12.8. The van der Waals surface area contributed by atoms with Crippen LogP contribution in [-0.2, 0) is 28.6 Å². The third-order valence-corrected chi connectivity index (χ3v) is 11.5. The molecule has 0 aromatic heterocycles. The SMILES string of the molecule is CC\C=C/C=C\C=C/C=C\CCCCCCCC(=O)OCC(COC(=O)CCCCCCC\C=C/C=C\C=C/C=C\C=C/CCC)OC(=O)CCCCCCCCCCCCCCCCCC. The minimum atomic E-state index is -0.799. The van der Waals surface area contributed by atoms with Gasteiger partial charge in [0.05, 0.1) is 0 Å². The maximum atomic E-state index is 12.8. The smallest absolute Gasteiger partial charge is 0.306 e. The zero-order chi connectivity index (χ0) is 48.6. The van der Waals surface area contributed by atoms with Crippen molar-refractivity contribution in [2.24, 2.45) is 0 Å². The Hall–Kier alpha value is -3.93. The molecule has 0 saturated heterocycles. The Labute approximate surface area is 412 Å². The molecule has 0 rings (SSSR count). The number of unbranched alkanes of at least 4 members (excludes halogenated alkanes) is 26. The second kappa shape index (κ2) is 54.7. The van der Waals surface area contributed by atoms with E-state index in [-0.39, 0.29) is 31.1 Å². The fourth-order valence-electron chi connectivity index (χ4n) is 7.37. The van der Waals surface area contributed by atoms with Crippen LogP contribution in [-0.4, -0.2) is 37.2 Å². The van der Waals surface area contributed by atoms with E-state index < -0.39 is 6.10 Å². The lowest BCUT2D eigenvalue weighted by atomic mass is 10.0. The Kier molecular flexibility index (Phi) is 51.5. The summed E-state index contributed by atoms with van der Waals surface area (Å²) < 4.78 is 16.8. The van der Waals surface area contributed by atoms with Crippen molar-refractivity contribution in [1.29, 1.82) is 0 Å². The molecule has 380 valence electrons. The van der Waals surface area contributed by atoms with E-state index in [9.17, 15) is 14.4 Å². The van der Waals surface area contributed by atoms with Crippen LogP contribution in [0, 0.1) is 0 Å². The molecular formula is C61H100O6. The number of hydrogen-bond donors (Lipinski definition) is 0. The highest BCUT2D eigenvalue weighted by atomic mass is 16.6. The van der Waals surface area contributed by atoms with Gasteiger partial charge >= 0.3 is 17.9 Å². The zero-order valence-corrected chi connectivity index (χ0v) is 43.4. The van der Waals surface area contributed by atoms with E-state index in [0.717, 1.165) is 109 Å². The molecule has 1 atom stereocenters. The largest absolute Gasteiger partial charge is 0.462 e. The van der Waals surface area contributed by atoms with E-state index in [1.54, 1.807) is 0 Å². The number of ether oxygens (including phenoxy) is 3. The molecule has 0 fully saturated rings. The van der Waals surface area contributed by atoms with Crippen molar-refractivity contribution in [3.8, 4) is 0 Å². The van der Waals surface area contributed by atoms with Crippen molar-refractivity contribution in [3.63, 3.8) is 0 Å². The van der Waals surface area contributed by atoms with E-state index >= 15 is 0 Å². The summed E-state index contributed by atoms with van der Waals surface area (Å²) in [5.74, 6) is -0.943. The van der Waals surface area contributed by atoms with Crippen LogP contribution in [0.3, 0.4) is 0 Å². The number of carbonyl (C=O) groups excluding carboxylic acids is 3. The Balaban J connectivity index is 4.48. The van der Waals surface area contributed by atoms with Crippen LogP contribution in [0.4, 0.5) is 0 Å². The average Bonchev–Trinajstić information content (AvgIpc) is 3.33. The monoisotopic (exact) mass is 929 g/mol. The Morgan fingerprint density at radius 2 is 0.612 bits per heavy atom. The Morgan fingerprint density at radius 3 is 0.970 bits per heavy atom. The molecule has 67 heavy (non-hydrogen) atoms. The van der Waals surface area contributed by atoms with Gasteiger partial charge in [-0.25, -0.2) is 0 Å². The van der Waals surface area contributed by atoms with Crippen molar-refractivity contribution in [2.45, 2.75) is 245 Å². The number of hydrogen-bond acceptors (Lipinski definition) is 6. The van der Waals surface area contributed by atoms with Gasteiger partial charge in [-0.05, 0) is 57.8 Å². The summed E-state index contributed by atoms with van der Waals surface area (Å²) in [7, 11) is 0. The van der Waals surface area contributed by atoms with Gasteiger partial charge in [-0.15, -0.1) is 0 Å². The standard InChI is InChI=1S/C61H100O6/c1-4-7-10-13-16-19-22-25-28-30-31-34-36-39-42-45-48-51-54-60(63)66-57-58(56-65-59(62)53-50-47-44-41-38-35-32-27-24-21-18-15-12-9-6-3)67-61(64)55-52-49-46-43-40-37-33-29-26-23-20-17-14-11-8-5-2/h9-10,12-13,15-16,18-19,21-22,24-25,27-28,30-32,34,58H,4-8,11,14,17,20,23,26,29,33,35-57H2,1-3H3/b12-9-,13-10-,18-15-,19-16-,24-21-,25-22-,30-28-,32-27-,34-31-. The number of esters is 3. The topological polar surface area (TPSA) is 78.9 Å². The van der Waals surface area contributed by atoms with E-state index in [2.05, 4.69) is 87.6 Å². The third-order valence-electron chi connectivity index (χ3n) is 11.5. The van der Waals surface area contributed by atoms with Crippen molar-refractivity contribution in [1.82, 2.24) is 0 Å². The normalized spacial score (nSPS) is 12.9.